The fourth-order valence-electron chi connectivity index (χ4n) is 2.01. The molecule has 0 fully saturated rings. The predicted octanol–water partition coefficient (Wildman–Crippen LogP) is 2.97. The summed E-state index contributed by atoms with van der Waals surface area (Å²) in [5.41, 5.74) is 0.927. The van der Waals surface area contributed by atoms with Gasteiger partial charge in [0.1, 0.15) is 5.75 Å². The number of thiocarbonyl (C=S) groups is 1. The first-order valence-electron chi connectivity index (χ1n) is 7.38. The fraction of sp³-hybridized carbons (Fsp3) is 0.118. The number of ether oxygens (including phenoxy) is 1. The minimum Gasteiger partial charge on any atom is -0.495 e. The van der Waals surface area contributed by atoms with E-state index >= 15 is 0 Å². The summed E-state index contributed by atoms with van der Waals surface area (Å²) in [6.45, 7) is 4.11. The molecular formula is C17H19N3O3S2. The standard InChI is InChI=1S/C17H19N3O3S2/c1-3-11-18-17(24)19-13-7-6-8-14(12-13)25(21,22)20-15-9-4-5-10-16(15)23-2/h3-10,12,20H,1,11H2,2H3,(H2,18,19,24). The molecule has 0 spiro atoms. The molecule has 0 saturated heterocycles. The highest BCUT2D eigenvalue weighted by molar-refractivity contribution is 7.92. The zero-order valence-corrected chi connectivity index (χ0v) is 15.3. The van der Waals surface area contributed by atoms with Crippen LogP contribution in [0.25, 0.3) is 0 Å². The van der Waals surface area contributed by atoms with E-state index in [2.05, 4.69) is 21.9 Å². The van der Waals surface area contributed by atoms with Gasteiger partial charge >= 0.3 is 0 Å². The largest absolute Gasteiger partial charge is 0.495 e. The molecule has 3 N–H and O–H groups in total. The second-order valence-corrected chi connectivity index (χ2v) is 7.05. The van der Waals surface area contributed by atoms with Crippen LogP contribution in [0.3, 0.4) is 0 Å². The molecule has 0 aliphatic heterocycles. The monoisotopic (exact) mass is 377 g/mol. The Morgan fingerprint density at radius 1 is 1.24 bits per heavy atom. The Labute approximate surface area is 153 Å². The quantitative estimate of drug-likeness (QED) is 0.509. The lowest BCUT2D eigenvalue weighted by atomic mass is 10.3. The van der Waals surface area contributed by atoms with Crippen LogP contribution in [0, 0.1) is 0 Å². The maximum absolute atomic E-state index is 12.6. The van der Waals surface area contributed by atoms with Crippen LogP contribution in [0.4, 0.5) is 11.4 Å². The van der Waals surface area contributed by atoms with Gasteiger partial charge in [-0.1, -0.05) is 24.3 Å². The molecule has 0 heterocycles. The first-order chi connectivity index (χ1) is 12.0. The second-order valence-electron chi connectivity index (χ2n) is 4.96. The average Bonchev–Trinajstić information content (AvgIpc) is 2.60. The molecule has 0 aromatic heterocycles. The van der Waals surface area contributed by atoms with Crippen LogP contribution in [-0.2, 0) is 10.0 Å². The van der Waals surface area contributed by atoms with Gasteiger partial charge in [-0.15, -0.1) is 6.58 Å². The van der Waals surface area contributed by atoms with Crippen molar-refractivity contribution in [2.24, 2.45) is 0 Å². The highest BCUT2D eigenvalue weighted by atomic mass is 32.2. The lowest BCUT2D eigenvalue weighted by Gasteiger charge is -2.13. The van der Waals surface area contributed by atoms with Gasteiger partial charge in [0.25, 0.3) is 10.0 Å². The Balaban J connectivity index is 2.20. The van der Waals surface area contributed by atoms with Gasteiger partial charge in [-0.2, -0.15) is 0 Å². The van der Waals surface area contributed by atoms with Gasteiger partial charge in [-0.25, -0.2) is 8.42 Å². The van der Waals surface area contributed by atoms with Crippen LogP contribution < -0.4 is 20.1 Å². The number of hydrogen-bond acceptors (Lipinski definition) is 4. The van der Waals surface area contributed by atoms with Crippen LogP contribution in [0.15, 0.2) is 66.1 Å². The number of hydrogen-bond donors (Lipinski definition) is 3. The van der Waals surface area contributed by atoms with E-state index in [0.29, 0.717) is 28.8 Å². The smallest absolute Gasteiger partial charge is 0.262 e. The van der Waals surface area contributed by atoms with Gasteiger partial charge in [0.15, 0.2) is 5.11 Å². The van der Waals surface area contributed by atoms with Gasteiger partial charge in [-0.05, 0) is 42.5 Å². The molecule has 2 aromatic rings. The lowest BCUT2D eigenvalue weighted by Crippen LogP contribution is -2.28. The molecule has 2 rings (SSSR count). The molecule has 0 saturated carbocycles. The molecule has 0 aliphatic rings. The van der Waals surface area contributed by atoms with E-state index < -0.39 is 10.0 Å². The van der Waals surface area contributed by atoms with Gasteiger partial charge in [-0.3, -0.25) is 4.72 Å². The molecular weight excluding hydrogens is 358 g/mol. The Bertz CT molecular complexity index is 867. The molecule has 2 aromatic carbocycles. The highest BCUT2D eigenvalue weighted by Crippen LogP contribution is 2.26. The summed E-state index contributed by atoms with van der Waals surface area (Å²) in [4.78, 5) is 0.106. The zero-order chi connectivity index (χ0) is 18.3. The topological polar surface area (TPSA) is 79.5 Å². The molecule has 0 bridgehead atoms. The summed E-state index contributed by atoms with van der Waals surface area (Å²) in [7, 11) is -2.29. The maximum Gasteiger partial charge on any atom is 0.262 e. The van der Waals surface area contributed by atoms with Gasteiger partial charge < -0.3 is 15.4 Å². The summed E-state index contributed by atoms with van der Waals surface area (Å²) in [6, 6.07) is 13.2. The molecule has 0 unspecified atom stereocenters. The SMILES string of the molecule is C=CCNC(=S)Nc1cccc(S(=O)(=O)Nc2ccccc2OC)c1. The Kier molecular flexibility index (Phi) is 6.37. The Hall–Kier alpha value is -2.58. The second kappa shape index (κ2) is 8.50. The third-order valence-electron chi connectivity index (χ3n) is 3.16. The number of benzene rings is 2. The van der Waals surface area contributed by atoms with E-state index in [1.54, 1.807) is 42.5 Å². The van der Waals surface area contributed by atoms with Crippen molar-refractivity contribution in [3.05, 3.63) is 61.2 Å². The van der Waals surface area contributed by atoms with Crippen LogP contribution in [0.5, 0.6) is 5.75 Å². The maximum atomic E-state index is 12.6. The van der Waals surface area contributed by atoms with Crippen molar-refractivity contribution in [3.63, 3.8) is 0 Å². The minimum atomic E-state index is -3.77. The van der Waals surface area contributed by atoms with Crippen LogP contribution in [-0.4, -0.2) is 27.2 Å². The number of anilines is 2. The van der Waals surface area contributed by atoms with E-state index in [9.17, 15) is 8.42 Å². The fourth-order valence-corrected chi connectivity index (χ4v) is 3.33. The van der Waals surface area contributed by atoms with E-state index in [1.807, 2.05) is 0 Å². The Morgan fingerprint density at radius 3 is 2.72 bits per heavy atom. The van der Waals surface area contributed by atoms with Crippen molar-refractivity contribution in [2.75, 3.05) is 23.7 Å². The third kappa shape index (κ3) is 5.20. The van der Waals surface area contributed by atoms with Crippen LogP contribution in [0.2, 0.25) is 0 Å². The van der Waals surface area contributed by atoms with Gasteiger partial charge in [0.2, 0.25) is 0 Å². The number of nitrogens with one attached hydrogen (secondary N) is 3. The van der Waals surface area contributed by atoms with Crippen molar-refractivity contribution in [2.45, 2.75) is 4.90 Å². The zero-order valence-electron chi connectivity index (χ0n) is 13.7. The Morgan fingerprint density at radius 2 is 2.00 bits per heavy atom. The number of methoxy groups -OCH3 is 1. The van der Waals surface area contributed by atoms with E-state index in [4.69, 9.17) is 17.0 Å². The molecule has 8 heteroatoms. The summed E-state index contributed by atoms with van der Waals surface area (Å²) in [6.07, 6.45) is 1.67. The van der Waals surface area contributed by atoms with Gasteiger partial charge in [0, 0.05) is 12.2 Å². The predicted molar refractivity (Wildman–Crippen MR) is 105 cm³/mol. The van der Waals surface area contributed by atoms with Crippen LogP contribution in [0.1, 0.15) is 0 Å². The van der Waals surface area contributed by atoms with Crippen LogP contribution >= 0.6 is 12.2 Å². The molecule has 0 aliphatic carbocycles. The average molecular weight is 377 g/mol. The van der Waals surface area contributed by atoms with Crippen molar-refractivity contribution < 1.29 is 13.2 Å². The first-order valence-corrected chi connectivity index (χ1v) is 9.27. The van der Waals surface area contributed by atoms with E-state index in [-0.39, 0.29) is 4.90 Å². The third-order valence-corrected chi connectivity index (χ3v) is 4.77. The number of sulfonamides is 1. The van der Waals surface area contributed by atoms with E-state index in [0.717, 1.165) is 0 Å². The number of rotatable bonds is 7. The summed E-state index contributed by atoms with van der Waals surface area (Å²) in [5, 5.41) is 6.23. The number of para-hydroxylation sites is 2. The molecule has 0 amide bonds. The summed E-state index contributed by atoms with van der Waals surface area (Å²) in [5.74, 6) is 0.440. The molecule has 6 nitrogen and oxygen atoms in total. The summed E-state index contributed by atoms with van der Waals surface area (Å²) < 4.78 is 32.9. The normalized spacial score (nSPS) is 10.6. The van der Waals surface area contributed by atoms with Gasteiger partial charge in [0.05, 0.1) is 17.7 Å². The van der Waals surface area contributed by atoms with Crippen molar-refractivity contribution >= 4 is 38.7 Å². The van der Waals surface area contributed by atoms with Crippen molar-refractivity contribution in [3.8, 4) is 5.75 Å². The first kappa shape index (κ1) is 18.8. The van der Waals surface area contributed by atoms with Crippen molar-refractivity contribution in [1.29, 1.82) is 0 Å². The molecule has 0 radical (unpaired) electrons. The summed E-state index contributed by atoms with van der Waals surface area (Å²) >= 11 is 5.12. The lowest BCUT2D eigenvalue weighted by molar-refractivity contribution is 0.417. The minimum absolute atomic E-state index is 0.106. The highest BCUT2D eigenvalue weighted by Gasteiger charge is 2.16. The van der Waals surface area contributed by atoms with E-state index in [1.165, 1.54) is 19.2 Å². The molecule has 0 atom stereocenters. The van der Waals surface area contributed by atoms with Crippen molar-refractivity contribution in [1.82, 2.24) is 5.32 Å². The molecule has 132 valence electrons. The molecule has 25 heavy (non-hydrogen) atoms.